The SMILES string of the molecule is O=C(CCS)NCCCNCc1ccc2ccc(=O)[nH]c2n1. The van der Waals surface area contributed by atoms with E-state index in [0.29, 0.717) is 30.9 Å². The van der Waals surface area contributed by atoms with Crippen LogP contribution in [0.5, 0.6) is 0 Å². The summed E-state index contributed by atoms with van der Waals surface area (Å²) >= 11 is 4.01. The molecule has 0 spiro atoms. The summed E-state index contributed by atoms with van der Waals surface area (Å²) in [6.45, 7) is 2.06. The van der Waals surface area contributed by atoms with E-state index in [4.69, 9.17) is 0 Å². The minimum atomic E-state index is -0.151. The summed E-state index contributed by atoms with van der Waals surface area (Å²) in [5.74, 6) is 0.606. The number of nitrogens with zero attached hydrogens (tertiary/aromatic N) is 1. The standard InChI is InChI=1S/C15H20N4O2S/c20-13(6-9-22)17-8-1-7-16-10-12-4-2-11-3-5-14(21)19-15(11)18-12/h2-5,16,22H,1,6-10H2,(H,17,20)(H,18,19,21). The number of fused-ring (bicyclic) bond motifs is 1. The van der Waals surface area contributed by atoms with E-state index in [9.17, 15) is 9.59 Å². The van der Waals surface area contributed by atoms with Gasteiger partial charge >= 0.3 is 0 Å². The first-order valence-corrected chi connectivity index (χ1v) is 7.89. The highest BCUT2D eigenvalue weighted by molar-refractivity contribution is 7.80. The highest BCUT2D eigenvalue weighted by Crippen LogP contribution is 2.07. The fourth-order valence-corrected chi connectivity index (χ4v) is 2.22. The largest absolute Gasteiger partial charge is 0.356 e. The van der Waals surface area contributed by atoms with Crippen LogP contribution >= 0.6 is 12.6 Å². The number of aromatic nitrogens is 2. The Morgan fingerprint density at radius 2 is 2.05 bits per heavy atom. The fraction of sp³-hybridized carbons (Fsp3) is 0.400. The maximum absolute atomic E-state index is 11.3. The van der Waals surface area contributed by atoms with Gasteiger partial charge in [-0.15, -0.1) is 0 Å². The van der Waals surface area contributed by atoms with Gasteiger partial charge in [0.2, 0.25) is 11.5 Å². The molecule has 0 aromatic carbocycles. The number of hydrogen-bond donors (Lipinski definition) is 4. The first kappa shape index (κ1) is 16.5. The Bertz CT molecular complexity index is 687. The smallest absolute Gasteiger partial charge is 0.249 e. The van der Waals surface area contributed by atoms with E-state index in [1.165, 1.54) is 6.07 Å². The van der Waals surface area contributed by atoms with Crippen molar-refractivity contribution in [2.45, 2.75) is 19.4 Å². The van der Waals surface area contributed by atoms with Gasteiger partial charge < -0.3 is 15.6 Å². The van der Waals surface area contributed by atoms with Crippen LogP contribution in [0.2, 0.25) is 0 Å². The minimum Gasteiger partial charge on any atom is -0.356 e. The second-order valence-electron chi connectivity index (χ2n) is 4.92. The molecule has 1 amide bonds. The average molecular weight is 320 g/mol. The molecule has 3 N–H and O–H groups in total. The number of rotatable bonds is 8. The van der Waals surface area contributed by atoms with Crippen molar-refractivity contribution < 1.29 is 4.79 Å². The van der Waals surface area contributed by atoms with E-state index >= 15 is 0 Å². The van der Waals surface area contributed by atoms with Crippen molar-refractivity contribution in [2.24, 2.45) is 0 Å². The summed E-state index contributed by atoms with van der Waals surface area (Å²) < 4.78 is 0. The van der Waals surface area contributed by atoms with Crippen molar-refractivity contribution in [1.82, 2.24) is 20.6 Å². The van der Waals surface area contributed by atoms with Crippen molar-refractivity contribution in [1.29, 1.82) is 0 Å². The molecule has 2 aromatic heterocycles. The molecule has 2 aromatic rings. The molecular formula is C15H20N4O2S. The lowest BCUT2D eigenvalue weighted by atomic mass is 10.2. The molecule has 0 unspecified atom stereocenters. The molecule has 2 heterocycles. The number of pyridine rings is 2. The lowest BCUT2D eigenvalue weighted by molar-refractivity contribution is -0.120. The van der Waals surface area contributed by atoms with Crippen molar-refractivity contribution >= 4 is 29.6 Å². The van der Waals surface area contributed by atoms with Crippen molar-refractivity contribution in [3.63, 3.8) is 0 Å². The van der Waals surface area contributed by atoms with Crippen LogP contribution in [0.3, 0.4) is 0 Å². The summed E-state index contributed by atoms with van der Waals surface area (Å²) in [5, 5.41) is 7.01. The topological polar surface area (TPSA) is 86.9 Å². The summed E-state index contributed by atoms with van der Waals surface area (Å²) in [6.07, 6.45) is 1.30. The third-order valence-corrected chi connectivity index (χ3v) is 3.36. The van der Waals surface area contributed by atoms with Crippen molar-refractivity contribution in [3.8, 4) is 0 Å². The molecule has 0 bridgehead atoms. The highest BCUT2D eigenvalue weighted by atomic mass is 32.1. The summed E-state index contributed by atoms with van der Waals surface area (Å²) in [4.78, 5) is 29.6. The molecule has 0 aliphatic heterocycles. The number of amides is 1. The van der Waals surface area contributed by atoms with E-state index in [-0.39, 0.29) is 11.5 Å². The van der Waals surface area contributed by atoms with Gasteiger partial charge in [0.15, 0.2) is 0 Å². The van der Waals surface area contributed by atoms with Crippen LogP contribution < -0.4 is 16.2 Å². The normalized spacial score (nSPS) is 10.8. The molecule has 0 saturated heterocycles. The Hall–Kier alpha value is -1.86. The van der Waals surface area contributed by atoms with Gasteiger partial charge in [0, 0.05) is 31.0 Å². The predicted molar refractivity (Wildman–Crippen MR) is 90.2 cm³/mol. The number of carbonyl (C=O) groups excluding carboxylic acids is 1. The van der Waals surface area contributed by atoms with Gasteiger partial charge in [0.25, 0.3) is 0 Å². The maximum Gasteiger partial charge on any atom is 0.249 e. The van der Waals surface area contributed by atoms with Crippen molar-refractivity contribution in [2.75, 3.05) is 18.8 Å². The van der Waals surface area contributed by atoms with Gasteiger partial charge in [-0.1, -0.05) is 0 Å². The van der Waals surface area contributed by atoms with Gasteiger partial charge in [0.1, 0.15) is 5.65 Å². The van der Waals surface area contributed by atoms with Crippen LogP contribution in [0.1, 0.15) is 18.5 Å². The zero-order chi connectivity index (χ0) is 15.8. The molecule has 118 valence electrons. The lowest BCUT2D eigenvalue weighted by Crippen LogP contribution is -2.27. The van der Waals surface area contributed by atoms with Crippen molar-refractivity contribution in [3.05, 3.63) is 40.3 Å². The van der Waals surface area contributed by atoms with Crippen LogP contribution in [-0.4, -0.2) is 34.7 Å². The second kappa shape index (κ2) is 8.55. The Morgan fingerprint density at radius 3 is 2.86 bits per heavy atom. The molecule has 7 heteroatoms. The number of H-pyrrole nitrogens is 1. The Kier molecular flexibility index (Phi) is 6.42. The second-order valence-corrected chi connectivity index (χ2v) is 5.36. The fourth-order valence-electron chi connectivity index (χ4n) is 2.01. The molecule has 0 fully saturated rings. The Morgan fingerprint density at radius 1 is 1.23 bits per heavy atom. The van der Waals surface area contributed by atoms with Gasteiger partial charge in [0.05, 0.1) is 5.69 Å². The van der Waals surface area contributed by atoms with Gasteiger partial charge in [-0.05, 0) is 36.9 Å². The summed E-state index contributed by atoms with van der Waals surface area (Å²) in [7, 11) is 0. The molecule has 6 nitrogen and oxygen atoms in total. The third kappa shape index (κ3) is 5.16. The zero-order valence-electron chi connectivity index (χ0n) is 12.3. The molecule has 0 aliphatic rings. The molecule has 0 radical (unpaired) electrons. The number of hydrogen-bond acceptors (Lipinski definition) is 5. The molecular weight excluding hydrogens is 300 g/mol. The summed E-state index contributed by atoms with van der Waals surface area (Å²) in [6, 6.07) is 7.12. The molecule has 2 rings (SSSR count). The van der Waals surface area contributed by atoms with E-state index in [1.54, 1.807) is 6.07 Å². The Labute approximate surface area is 134 Å². The minimum absolute atomic E-state index is 0.0372. The highest BCUT2D eigenvalue weighted by Gasteiger charge is 2.00. The predicted octanol–water partition coefficient (Wildman–Crippen LogP) is 0.839. The summed E-state index contributed by atoms with van der Waals surface area (Å²) in [5.41, 5.74) is 1.32. The number of thiol groups is 1. The monoisotopic (exact) mass is 320 g/mol. The van der Waals surface area contributed by atoms with Gasteiger partial charge in [-0.3, -0.25) is 9.59 Å². The molecule has 0 atom stereocenters. The molecule has 22 heavy (non-hydrogen) atoms. The van der Waals surface area contributed by atoms with E-state index in [0.717, 1.165) is 24.0 Å². The molecule has 0 saturated carbocycles. The van der Waals surface area contributed by atoms with E-state index < -0.39 is 0 Å². The van der Waals surface area contributed by atoms with E-state index in [1.807, 2.05) is 12.1 Å². The number of aromatic amines is 1. The quantitative estimate of drug-likeness (QED) is 0.429. The van der Waals surface area contributed by atoms with Crippen LogP contribution in [0, 0.1) is 0 Å². The van der Waals surface area contributed by atoms with Crippen LogP contribution in [0.15, 0.2) is 29.1 Å². The van der Waals surface area contributed by atoms with Gasteiger partial charge in [-0.2, -0.15) is 12.6 Å². The maximum atomic E-state index is 11.3. The van der Waals surface area contributed by atoms with Crippen LogP contribution in [0.25, 0.3) is 11.0 Å². The Balaban J connectivity index is 1.73. The van der Waals surface area contributed by atoms with Gasteiger partial charge in [-0.25, -0.2) is 4.98 Å². The molecule has 0 aliphatic carbocycles. The lowest BCUT2D eigenvalue weighted by Gasteiger charge is -2.06. The number of nitrogens with one attached hydrogen (secondary N) is 3. The first-order chi connectivity index (χ1) is 10.7. The first-order valence-electron chi connectivity index (χ1n) is 7.26. The van der Waals surface area contributed by atoms with Crippen LogP contribution in [-0.2, 0) is 11.3 Å². The van der Waals surface area contributed by atoms with Crippen LogP contribution in [0.4, 0.5) is 0 Å². The third-order valence-electron chi connectivity index (χ3n) is 3.14. The van der Waals surface area contributed by atoms with E-state index in [2.05, 4.69) is 33.2 Å². The number of carbonyl (C=O) groups is 1. The average Bonchev–Trinajstić information content (AvgIpc) is 2.50. The zero-order valence-corrected chi connectivity index (χ0v) is 13.2.